The highest BCUT2D eigenvalue weighted by Crippen LogP contribution is 2.45. The molecule has 0 bridgehead atoms. The molecule has 1 unspecified atom stereocenters. The number of hydrogen-bond acceptors (Lipinski definition) is 0. The average Bonchev–Trinajstić information content (AvgIpc) is 2.89. The van der Waals surface area contributed by atoms with Crippen molar-refractivity contribution in [3.05, 3.63) is 35.9 Å². The third-order valence-electron chi connectivity index (χ3n) is 10.1. The van der Waals surface area contributed by atoms with E-state index in [0.717, 1.165) is 48.0 Å². The summed E-state index contributed by atoms with van der Waals surface area (Å²) in [6, 6.07) is 9.86. The van der Waals surface area contributed by atoms with E-state index in [4.69, 9.17) is 0 Å². The van der Waals surface area contributed by atoms with Crippen LogP contribution in [0.5, 0.6) is 0 Å². The Hall–Kier alpha value is -0.850. The van der Waals surface area contributed by atoms with E-state index in [1.807, 2.05) is 30.3 Å². The molecule has 1 aromatic rings. The molecule has 0 aromatic heterocycles. The van der Waals surface area contributed by atoms with Crippen LogP contribution in [-0.4, -0.2) is 0 Å². The number of benzene rings is 1. The van der Waals surface area contributed by atoms with Crippen LogP contribution in [0.3, 0.4) is 0 Å². The van der Waals surface area contributed by atoms with Crippen LogP contribution < -0.4 is 0 Å². The van der Waals surface area contributed by atoms with Crippen molar-refractivity contribution in [2.24, 2.45) is 35.5 Å². The van der Waals surface area contributed by atoms with Crippen LogP contribution in [0.1, 0.15) is 134 Å². The minimum atomic E-state index is -0.756. The molecular weight excluding hydrogens is 403 g/mol. The predicted octanol–water partition coefficient (Wildman–Crippen LogP) is 10.5. The summed E-state index contributed by atoms with van der Waals surface area (Å²) >= 11 is 0. The molecule has 1 heteroatoms. The molecule has 33 heavy (non-hydrogen) atoms. The van der Waals surface area contributed by atoms with Gasteiger partial charge in [0.1, 0.15) is 6.17 Å². The van der Waals surface area contributed by atoms with Crippen molar-refractivity contribution in [1.82, 2.24) is 0 Å². The van der Waals surface area contributed by atoms with Crippen molar-refractivity contribution < 1.29 is 4.39 Å². The van der Waals surface area contributed by atoms with Gasteiger partial charge in [-0.05, 0) is 79.6 Å². The lowest BCUT2D eigenvalue weighted by molar-refractivity contribution is 0.129. The molecule has 3 saturated carbocycles. The Morgan fingerprint density at radius 3 is 1.64 bits per heavy atom. The first-order chi connectivity index (χ1) is 16.2. The van der Waals surface area contributed by atoms with Crippen molar-refractivity contribution in [2.75, 3.05) is 0 Å². The lowest BCUT2D eigenvalue weighted by Crippen LogP contribution is -2.26. The first kappa shape index (κ1) is 25.2. The molecule has 1 atom stereocenters. The van der Waals surface area contributed by atoms with Crippen LogP contribution in [0.4, 0.5) is 4.39 Å². The number of halogens is 1. The van der Waals surface area contributed by atoms with E-state index < -0.39 is 6.17 Å². The van der Waals surface area contributed by atoms with Gasteiger partial charge in [-0.1, -0.05) is 114 Å². The van der Waals surface area contributed by atoms with E-state index in [1.165, 1.54) is 103 Å². The molecule has 0 radical (unpaired) electrons. The predicted molar refractivity (Wildman–Crippen MR) is 140 cm³/mol. The summed E-state index contributed by atoms with van der Waals surface area (Å²) < 4.78 is 14.9. The summed E-state index contributed by atoms with van der Waals surface area (Å²) in [6.07, 6.45) is 24.7. The van der Waals surface area contributed by atoms with Gasteiger partial charge >= 0.3 is 0 Å². The molecule has 3 aliphatic rings. The number of unbranched alkanes of at least 4 members (excludes halogenated alkanes) is 2. The van der Waals surface area contributed by atoms with Crippen LogP contribution in [0, 0.1) is 35.5 Å². The van der Waals surface area contributed by atoms with Gasteiger partial charge in [0.2, 0.25) is 0 Å². The Labute approximate surface area is 204 Å². The molecule has 0 N–H and O–H groups in total. The van der Waals surface area contributed by atoms with Gasteiger partial charge in [-0.15, -0.1) is 0 Å². The first-order valence-electron chi connectivity index (χ1n) is 14.9. The molecule has 0 amide bonds. The third-order valence-corrected chi connectivity index (χ3v) is 10.1. The molecule has 3 aliphatic carbocycles. The molecular formula is C32H51F. The van der Waals surface area contributed by atoms with Gasteiger partial charge in [0, 0.05) is 0 Å². The van der Waals surface area contributed by atoms with Crippen molar-refractivity contribution in [3.8, 4) is 0 Å². The topological polar surface area (TPSA) is 0 Å². The largest absolute Gasteiger partial charge is 0.242 e. The standard InChI is InChI=1S/C32H51F/c1-2-3-5-8-25-13-19-28(20-14-25)29-21-15-26(16-22-29)11-12-27-17-23-31(24-18-27)32(33)30-9-6-4-7-10-30/h4,6-7,9-10,25-29,31-32H,2-3,5,8,11-24H2,1H3. The summed E-state index contributed by atoms with van der Waals surface area (Å²) in [5, 5.41) is 0. The van der Waals surface area contributed by atoms with Crippen LogP contribution in [-0.2, 0) is 0 Å². The second kappa shape index (κ2) is 13.3. The highest BCUT2D eigenvalue weighted by Gasteiger charge is 2.32. The summed E-state index contributed by atoms with van der Waals surface area (Å²) in [5.74, 6) is 5.27. The second-order valence-corrected chi connectivity index (χ2v) is 12.2. The minimum Gasteiger partial charge on any atom is -0.242 e. The number of hydrogen-bond donors (Lipinski definition) is 0. The van der Waals surface area contributed by atoms with Crippen molar-refractivity contribution in [1.29, 1.82) is 0 Å². The molecule has 1 aromatic carbocycles. The van der Waals surface area contributed by atoms with E-state index in [9.17, 15) is 4.39 Å². The minimum absolute atomic E-state index is 0.251. The van der Waals surface area contributed by atoms with E-state index in [1.54, 1.807) is 0 Å². The zero-order chi connectivity index (χ0) is 22.9. The quantitative estimate of drug-likeness (QED) is 0.308. The summed E-state index contributed by atoms with van der Waals surface area (Å²) in [5.41, 5.74) is 0.891. The number of rotatable bonds is 10. The van der Waals surface area contributed by atoms with Crippen molar-refractivity contribution in [2.45, 2.75) is 129 Å². The van der Waals surface area contributed by atoms with Gasteiger partial charge < -0.3 is 0 Å². The maximum absolute atomic E-state index is 14.9. The molecule has 0 spiro atoms. The molecule has 0 nitrogen and oxygen atoms in total. The van der Waals surface area contributed by atoms with Crippen LogP contribution >= 0.6 is 0 Å². The normalized spacial score (nSPS) is 34.1. The third kappa shape index (κ3) is 7.57. The van der Waals surface area contributed by atoms with Crippen LogP contribution in [0.25, 0.3) is 0 Å². The van der Waals surface area contributed by atoms with Crippen molar-refractivity contribution in [3.63, 3.8) is 0 Å². The smallest absolute Gasteiger partial charge is 0.128 e. The Morgan fingerprint density at radius 2 is 1.12 bits per heavy atom. The fraction of sp³-hybridized carbons (Fsp3) is 0.812. The van der Waals surface area contributed by atoms with Gasteiger partial charge in [-0.3, -0.25) is 0 Å². The zero-order valence-electron chi connectivity index (χ0n) is 21.5. The lowest BCUT2D eigenvalue weighted by atomic mass is 9.67. The average molecular weight is 455 g/mol. The zero-order valence-corrected chi connectivity index (χ0v) is 21.5. The first-order valence-corrected chi connectivity index (χ1v) is 14.9. The molecule has 186 valence electrons. The summed E-state index contributed by atoms with van der Waals surface area (Å²) in [4.78, 5) is 0. The fourth-order valence-electron chi connectivity index (χ4n) is 7.73. The van der Waals surface area contributed by atoms with E-state index in [-0.39, 0.29) is 5.92 Å². The maximum atomic E-state index is 14.9. The SMILES string of the molecule is CCCCCC1CCC(C2CCC(CCC3CCC(C(F)c4ccccc4)CC3)CC2)CC1. The maximum Gasteiger partial charge on any atom is 0.128 e. The van der Waals surface area contributed by atoms with Crippen LogP contribution in [0.15, 0.2) is 30.3 Å². The molecule has 4 rings (SSSR count). The van der Waals surface area contributed by atoms with Gasteiger partial charge in [0.25, 0.3) is 0 Å². The highest BCUT2D eigenvalue weighted by molar-refractivity contribution is 5.18. The van der Waals surface area contributed by atoms with E-state index in [0.29, 0.717) is 0 Å². The Balaban J connectivity index is 1.08. The molecule has 3 fully saturated rings. The molecule has 0 heterocycles. The summed E-state index contributed by atoms with van der Waals surface area (Å²) in [6.45, 7) is 2.32. The van der Waals surface area contributed by atoms with Crippen LogP contribution in [0.2, 0.25) is 0 Å². The van der Waals surface area contributed by atoms with Gasteiger partial charge in [-0.25, -0.2) is 4.39 Å². The van der Waals surface area contributed by atoms with Gasteiger partial charge in [0.15, 0.2) is 0 Å². The fourth-order valence-corrected chi connectivity index (χ4v) is 7.73. The van der Waals surface area contributed by atoms with E-state index >= 15 is 0 Å². The van der Waals surface area contributed by atoms with Crippen molar-refractivity contribution >= 4 is 0 Å². The Kier molecular flexibility index (Phi) is 10.2. The van der Waals surface area contributed by atoms with E-state index in [2.05, 4.69) is 6.92 Å². The second-order valence-electron chi connectivity index (χ2n) is 12.2. The summed E-state index contributed by atoms with van der Waals surface area (Å²) in [7, 11) is 0. The number of alkyl halides is 1. The van der Waals surface area contributed by atoms with Gasteiger partial charge in [-0.2, -0.15) is 0 Å². The monoisotopic (exact) mass is 454 g/mol. The molecule has 0 saturated heterocycles. The Morgan fingerprint density at radius 1 is 0.636 bits per heavy atom. The highest BCUT2D eigenvalue weighted by atomic mass is 19.1. The lowest BCUT2D eigenvalue weighted by Gasteiger charge is -2.38. The Bertz CT molecular complexity index is 630. The molecule has 0 aliphatic heterocycles. The van der Waals surface area contributed by atoms with Gasteiger partial charge in [0.05, 0.1) is 0 Å².